The number of amides is 1. The molecule has 0 radical (unpaired) electrons. The summed E-state index contributed by atoms with van der Waals surface area (Å²) in [6.07, 6.45) is 2.25. The van der Waals surface area contributed by atoms with Crippen LogP contribution in [0.2, 0.25) is 0 Å². The fourth-order valence-corrected chi connectivity index (χ4v) is 6.74. The zero-order valence-corrected chi connectivity index (χ0v) is 25.1. The van der Waals surface area contributed by atoms with E-state index >= 15 is 4.39 Å². The van der Waals surface area contributed by atoms with Gasteiger partial charge in [0.2, 0.25) is 5.91 Å². The van der Waals surface area contributed by atoms with Crippen molar-refractivity contribution in [2.75, 3.05) is 26.4 Å². The van der Waals surface area contributed by atoms with E-state index in [1.807, 2.05) is 46.4 Å². The van der Waals surface area contributed by atoms with Crippen molar-refractivity contribution in [1.82, 2.24) is 4.90 Å². The molecule has 3 heterocycles. The van der Waals surface area contributed by atoms with Crippen molar-refractivity contribution >= 4 is 11.9 Å². The summed E-state index contributed by atoms with van der Waals surface area (Å²) < 4.78 is 33.0. The smallest absolute Gasteiger partial charge is 0.337 e. The molecule has 0 aliphatic carbocycles. The van der Waals surface area contributed by atoms with Crippen LogP contribution in [0.4, 0.5) is 4.39 Å². The fraction of sp³-hybridized carbons (Fsp3) is 0.576. The second kappa shape index (κ2) is 11.4. The summed E-state index contributed by atoms with van der Waals surface area (Å²) in [6, 6.07) is 1.49. The number of rotatable bonds is 6. The van der Waals surface area contributed by atoms with Gasteiger partial charge in [0.15, 0.2) is 17.7 Å². The molecule has 0 spiro atoms. The van der Waals surface area contributed by atoms with Crippen LogP contribution in [0.25, 0.3) is 11.1 Å². The van der Waals surface area contributed by atoms with Gasteiger partial charge >= 0.3 is 5.97 Å². The second-order valence-electron chi connectivity index (χ2n) is 12.7. The standard InChI is InChI=1S/C33H42FNO6/c1-18-22-8-7-11-40-30(22)26(34)14-24(18)28-20(3)25-17-35(16-21-9-12-39-13-10-21)27(36)15-23(25)19(2)29(28)31(32(37)38)41-33(4,5)6/h14,21,31H,7-13,15-17H2,1-6H3,(H,37,38). The van der Waals surface area contributed by atoms with E-state index in [2.05, 4.69) is 0 Å². The molecule has 3 aliphatic heterocycles. The Morgan fingerprint density at radius 2 is 1.80 bits per heavy atom. The number of hydrogen-bond donors (Lipinski definition) is 1. The van der Waals surface area contributed by atoms with Gasteiger partial charge in [0.1, 0.15) is 0 Å². The Morgan fingerprint density at radius 3 is 2.46 bits per heavy atom. The highest BCUT2D eigenvalue weighted by atomic mass is 19.1. The molecule has 7 nitrogen and oxygen atoms in total. The number of hydrogen-bond acceptors (Lipinski definition) is 5. The zero-order chi connectivity index (χ0) is 29.6. The molecule has 0 aromatic heterocycles. The van der Waals surface area contributed by atoms with Gasteiger partial charge in [0.05, 0.1) is 18.6 Å². The molecule has 3 aliphatic rings. The molecule has 1 fully saturated rings. The van der Waals surface area contributed by atoms with E-state index < -0.39 is 23.5 Å². The quantitative estimate of drug-likeness (QED) is 0.461. The Balaban J connectivity index is 1.72. The van der Waals surface area contributed by atoms with Crippen LogP contribution >= 0.6 is 0 Å². The number of carboxylic acids is 1. The number of aliphatic carboxylic acids is 1. The number of ether oxygens (including phenoxy) is 3. The zero-order valence-electron chi connectivity index (χ0n) is 25.1. The SMILES string of the molecule is Cc1c(-c2c(C)c3c(c(C)c2C(OC(C)(C)C)C(=O)O)CC(=O)N(CC2CCOCC2)C3)cc(F)c2c1CCCO2. The maximum atomic E-state index is 15.6. The Labute approximate surface area is 242 Å². The first-order valence-corrected chi connectivity index (χ1v) is 14.7. The van der Waals surface area contributed by atoms with Gasteiger partial charge in [-0.15, -0.1) is 0 Å². The van der Waals surface area contributed by atoms with Crippen LogP contribution in [0.15, 0.2) is 6.07 Å². The summed E-state index contributed by atoms with van der Waals surface area (Å²) in [4.78, 5) is 28.2. The number of benzene rings is 2. The monoisotopic (exact) mass is 567 g/mol. The van der Waals surface area contributed by atoms with E-state index in [1.165, 1.54) is 6.07 Å². The molecule has 222 valence electrons. The molecule has 1 atom stereocenters. The van der Waals surface area contributed by atoms with Crippen molar-refractivity contribution in [2.45, 2.75) is 91.9 Å². The molecule has 2 aromatic carbocycles. The number of fused-ring (bicyclic) bond motifs is 2. The molecule has 2 aromatic rings. The highest BCUT2D eigenvalue weighted by molar-refractivity contribution is 5.88. The summed E-state index contributed by atoms with van der Waals surface area (Å²) in [6.45, 7) is 14.3. The van der Waals surface area contributed by atoms with E-state index in [-0.39, 0.29) is 12.3 Å². The summed E-state index contributed by atoms with van der Waals surface area (Å²) in [7, 11) is 0. The molecule has 41 heavy (non-hydrogen) atoms. The summed E-state index contributed by atoms with van der Waals surface area (Å²) in [5, 5.41) is 10.5. The first kappa shape index (κ1) is 29.5. The summed E-state index contributed by atoms with van der Waals surface area (Å²) in [5.74, 6) is -0.836. The van der Waals surface area contributed by atoms with Crippen molar-refractivity contribution in [2.24, 2.45) is 5.92 Å². The molecule has 0 bridgehead atoms. The highest BCUT2D eigenvalue weighted by Gasteiger charge is 2.37. The third-order valence-corrected chi connectivity index (χ3v) is 8.83. The maximum Gasteiger partial charge on any atom is 0.337 e. The third-order valence-electron chi connectivity index (χ3n) is 8.83. The number of halogens is 1. The van der Waals surface area contributed by atoms with E-state index in [4.69, 9.17) is 14.2 Å². The largest absolute Gasteiger partial charge is 0.490 e. The molecular formula is C33H42FNO6. The Bertz CT molecular complexity index is 1370. The third kappa shape index (κ3) is 5.73. The molecular weight excluding hydrogens is 525 g/mol. The lowest BCUT2D eigenvalue weighted by Gasteiger charge is -2.37. The highest BCUT2D eigenvalue weighted by Crippen LogP contribution is 2.46. The minimum Gasteiger partial charge on any atom is -0.490 e. The van der Waals surface area contributed by atoms with Crippen molar-refractivity contribution in [1.29, 1.82) is 0 Å². The van der Waals surface area contributed by atoms with Gasteiger partial charge in [0.25, 0.3) is 0 Å². The Kier molecular flexibility index (Phi) is 8.18. The fourth-order valence-electron chi connectivity index (χ4n) is 6.74. The van der Waals surface area contributed by atoms with Crippen LogP contribution < -0.4 is 4.74 Å². The van der Waals surface area contributed by atoms with Crippen LogP contribution in [-0.2, 0) is 38.4 Å². The lowest BCUT2D eigenvalue weighted by atomic mass is 9.78. The van der Waals surface area contributed by atoms with Gasteiger partial charge in [-0.3, -0.25) is 4.79 Å². The van der Waals surface area contributed by atoms with Gasteiger partial charge in [-0.1, -0.05) is 0 Å². The van der Waals surface area contributed by atoms with Gasteiger partial charge in [-0.2, -0.15) is 0 Å². The van der Waals surface area contributed by atoms with Crippen LogP contribution in [-0.4, -0.2) is 53.8 Å². The minimum absolute atomic E-state index is 0.0435. The number of nitrogens with zero attached hydrogens (tertiary/aromatic N) is 1. The lowest BCUT2D eigenvalue weighted by Crippen LogP contribution is -2.41. The lowest BCUT2D eigenvalue weighted by molar-refractivity contribution is -0.160. The van der Waals surface area contributed by atoms with Crippen molar-refractivity contribution in [3.63, 3.8) is 0 Å². The Morgan fingerprint density at radius 1 is 1.10 bits per heavy atom. The molecule has 5 rings (SSSR count). The van der Waals surface area contributed by atoms with Crippen molar-refractivity contribution in [3.05, 3.63) is 50.8 Å². The van der Waals surface area contributed by atoms with Crippen LogP contribution in [0, 0.1) is 32.5 Å². The van der Waals surface area contributed by atoms with E-state index in [9.17, 15) is 14.7 Å². The maximum absolute atomic E-state index is 15.6. The van der Waals surface area contributed by atoms with Crippen LogP contribution in [0.5, 0.6) is 5.75 Å². The summed E-state index contributed by atoms with van der Waals surface area (Å²) >= 11 is 0. The second-order valence-corrected chi connectivity index (χ2v) is 12.7. The minimum atomic E-state index is -1.29. The average Bonchev–Trinajstić information content (AvgIpc) is 2.92. The predicted molar refractivity (Wildman–Crippen MR) is 154 cm³/mol. The van der Waals surface area contributed by atoms with Crippen LogP contribution in [0.1, 0.15) is 85.1 Å². The van der Waals surface area contributed by atoms with Crippen LogP contribution in [0.3, 0.4) is 0 Å². The first-order valence-electron chi connectivity index (χ1n) is 14.7. The van der Waals surface area contributed by atoms with Crippen molar-refractivity contribution < 1.29 is 33.3 Å². The normalized spacial score (nSPS) is 18.5. The number of carboxylic acid groups (broad SMARTS) is 1. The number of carbonyl (C=O) groups excluding carboxylic acids is 1. The van der Waals surface area contributed by atoms with Gasteiger partial charge < -0.3 is 24.2 Å². The molecule has 0 saturated carbocycles. The molecule has 1 amide bonds. The topological polar surface area (TPSA) is 85.3 Å². The molecule has 1 saturated heterocycles. The van der Waals surface area contributed by atoms with Gasteiger partial charge in [-0.25, -0.2) is 9.18 Å². The first-order chi connectivity index (χ1) is 19.4. The summed E-state index contributed by atoms with van der Waals surface area (Å²) in [5.41, 5.74) is 6.26. The molecule has 1 unspecified atom stereocenters. The van der Waals surface area contributed by atoms with E-state index in [0.717, 1.165) is 52.6 Å². The van der Waals surface area contributed by atoms with E-state index in [1.54, 1.807) is 0 Å². The van der Waals surface area contributed by atoms with Crippen molar-refractivity contribution in [3.8, 4) is 16.9 Å². The average molecular weight is 568 g/mol. The number of carbonyl (C=O) groups is 2. The van der Waals surface area contributed by atoms with Gasteiger partial charge in [0, 0.05) is 37.4 Å². The predicted octanol–water partition coefficient (Wildman–Crippen LogP) is 6.00. The Hall–Kier alpha value is -2.97. The molecule has 1 N–H and O–H groups in total. The van der Waals surface area contributed by atoms with Gasteiger partial charge in [-0.05, 0) is 118 Å². The molecule has 8 heteroatoms. The van der Waals surface area contributed by atoms with E-state index in [0.29, 0.717) is 67.7 Å².